The summed E-state index contributed by atoms with van der Waals surface area (Å²) in [6.07, 6.45) is 7.11. The van der Waals surface area contributed by atoms with Gasteiger partial charge in [-0.15, -0.1) is 0 Å². The number of Topliss-reactive ketones (excluding diaryl/α,β-unsaturated/α-hetero) is 1. The smallest absolute Gasteiger partial charge is 0.415 e. The molecule has 14 nitrogen and oxygen atoms in total. The first-order chi connectivity index (χ1) is 24.0. The minimum atomic E-state index is -0.633. The lowest BCUT2D eigenvalue weighted by Crippen LogP contribution is -2.63. The largest absolute Gasteiger partial charge is 0.493 e. The Hall–Kier alpha value is -4.33. The Morgan fingerprint density at radius 2 is 1.98 bits per heavy atom. The molecule has 272 valence electrons. The van der Waals surface area contributed by atoms with Gasteiger partial charge in [0.15, 0.2) is 29.3 Å². The van der Waals surface area contributed by atoms with E-state index < -0.39 is 18.1 Å². The summed E-state index contributed by atoms with van der Waals surface area (Å²) < 4.78 is 18.8. The molecule has 50 heavy (non-hydrogen) atoms. The van der Waals surface area contributed by atoms with Crippen molar-refractivity contribution in [2.45, 2.75) is 88.3 Å². The Morgan fingerprint density at radius 3 is 2.74 bits per heavy atom. The molecule has 5 aliphatic rings. The van der Waals surface area contributed by atoms with Crippen LogP contribution in [0.25, 0.3) is 0 Å². The second-order valence-electron chi connectivity index (χ2n) is 14.4. The van der Waals surface area contributed by atoms with Gasteiger partial charge in [-0.05, 0) is 88.6 Å². The molecular weight excluding hydrogens is 642 g/mol. The third kappa shape index (κ3) is 6.86. The summed E-state index contributed by atoms with van der Waals surface area (Å²) in [4.78, 5) is 59.5. The Labute approximate surface area is 293 Å². The number of nitrogens with zero attached hydrogens (tertiary/aromatic N) is 3. The maximum Gasteiger partial charge on any atom is 0.415 e. The fraction of sp³-hybridized carbons (Fsp3) is 0.639. The fourth-order valence-electron chi connectivity index (χ4n) is 8.98. The number of rotatable bonds is 13. The summed E-state index contributed by atoms with van der Waals surface area (Å²) in [6.45, 7) is 3.18. The maximum atomic E-state index is 14.0. The van der Waals surface area contributed by atoms with Crippen LogP contribution in [0.2, 0.25) is 0 Å². The number of nitrogens with two attached hydrogens (primary N) is 2. The molecule has 2 fully saturated rings. The van der Waals surface area contributed by atoms with Gasteiger partial charge in [0.25, 0.3) is 0 Å². The van der Waals surface area contributed by atoms with E-state index in [9.17, 15) is 19.2 Å². The van der Waals surface area contributed by atoms with Crippen LogP contribution < -0.4 is 31.6 Å². The first kappa shape index (κ1) is 35.5. The van der Waals surface area contributed by atoms with E-state index >= 15 is 0 Å². The highest BCUT2D eigenvalue weighted by molar-refractivity contribution is 5.89. The second kappa shape index (κ2) is 14.9. The molecule has 1 aromatic carbocycles. The molecule has 1 unspecified atom stereocenters. The molecule has 3 aliphatic heterocycles. The quantitative estimate of drug-likeness (QED) is 0.134. The normalized spacial score (nSPS) is 26.8. The first-order valence-electron chi connectivity index (χ1n) is 17.9. The van der Waals surface area contributed by atoms with Crippen molar-refractivity contribution in [1.29, 1.82) is 0 Å². The van der Waals surface area contributed by atoms with E-state index in [1.165, 1.54) is 18.1 Å². The monoisotopic (exact) mass is 693 g/mol. The van der Waals surface area contributed by atoms with Crippen molar-refractivity contribution >= 4 is 29.7 Å². The number of amides is 3. The number of likely N-dealkylation sites (N-methyl/N-ethyl adjacent to an activating group) is 1. The predicted octanol–water partition coefficient (Wildman–Crippen LogP) is 1.73. The minimum Gasteiger partial charge on any atom is -0.493 e. The number of carbonyl (C=O) groups excluding carboxylic acids is 4. The molecule has 0 radical (unpaired) electrons. The van der Waals surface area contributed by atoms with E-state index in [1.807, 2.05) is 12.1 Å². The zero-order chi connectivity index (χ0) is 35.6. The van der Waals surface area contributed by atoms with Gasteiger partial charge in [0.05, 0.1) is 19.7 Å². The number of nitrogens with one attached hydrogen (secondary N) is 2. The van der Waals surface area contributed by atoms with Gasteiger partial charge < -0.3 is 46.1 Å². The van der Waals surface area contributed by atoms with Crippen molar-refractivity contribution in [3.8, 4) is 11.5 Å². The van der Waals surface area contributed by atoms with Crippen LogP contribution in [-0.4, -0.2) is 105 Å². The van der Waals surface area contributed by atoms with Gasteiger partial charge in [0.2, 0.25) is 11.8 Å². The minimum absolute atomic E-state index is 0.0335. The Morgan fingerprint density at radius 1 is 1.16 bits per heavy atom. The van der Waals surface area contributed by atoms with Gasteiger partial charge in [0.1, 0.15) is 5.76 Å². The maximum absolute atomic E-state index is 14.0. The third-order valence-corrected chi connectivity index (χ3v) is 11.4. The van der Waals surface area contributed by atoms with E-state index in [1.54, 1.807) is 12.0 Å². The predicted molar refractivity (Wildman–Crippen MR) is 186 cm³/mol. The lowest BCUT2D eigenvalue weighted by atomic mass is 9.53. The van der Waals surface area contributed by atoms with E-state index in [0.717, 1.165) is 44.4 Å². The number of hydrogen-bond acceptors (Lipinski definition) is 9. The molecule has 0 aromatic heterocycles. The molecule has 2 saturated heterocycles. The number of ether oxygens (including phenoxy) is 3. The number of piperidine rings is 2. The highest BCUT2D eigenvalue weighted by Crippen LogP contribution is 2.63. The number of ketones is 1. The van der Waals surface area contributed by atoms with Crippen molar-refractivity contribution in [1.82, 2.24) is 20.4 Å². The number of hydrogen-bond donors (Lipinski definition) is 4. The van der Waals surface area contributed by atoms with Crippen LogP contribution in [0.3, 0.4) is 0 Å². The van der Waals surface area contributed by atoms with Crippen LogP contribution in [0.4, 0.5) is 4.79 Å². The lowest BCUT2D eigenvalue weighted by Gasteiger charge is -2.56. The van der Waals surface area contributed by atoms with Crippen LogP contribution in [0.15, 0.2) is 29.0 Å². The SMILES string of the molecule is COc1ccc2c3c1O[C@@H]1C(OC(=O)N4CCCC[C@@H]4CNC(=O)[C@H](CCCN=C(N)N)CC(=O)CNC(C)=O)=CCC4[C@@H](C2)N(C)CC[C@@]341. The summed E-state index contributed by atoms with van der Waals surface area (Å²) >= 11 is 0. The zero-order valence-corrected chi connectivity index (χ0v) is 29.4. The van der Waals surface area contributed by atoms with E-state index in [4.69, 9.17) is 25.7 Å². The van der Waals surface area contributed by atoms with Crippen LogP contribution in [0.5, 0.6) is 11.5 Å². The van der Waals surface area contributed by atoms with Crippen LogP contribution in [-0.2, 0) is 31.0 Å². The van der Waals surface area contributed by atoms with Gasteiger partial charge in [-0.1, -0.05) is 6.07 Å². The van der Waals surface area contributed by atoms with Gasteiger partial charge in [-0.2, -0.15) is 0 Å². The summed E-state index contributed by atoms with van der Waals surface area (Å²) in [6, 6.07) is 4.25. The molecule has 2 bridgehead atoms. The average Bonchev–Trinajstić information content (AvgIpc) is 3.45. The number of carbonyl (C=O) groups is 4. The number of aliphatic imine (C=N–C) groups is 1. The number of likely N-dealkylation sites (tertiary alicyclic amines) is 2. The molecule has 1 spiro atoms. The average molecular weight is 694 g/mol. The zero-order valence-electron chi connectivity index (χ0n) is 29.4. The summed E-state index contributed by atoms with van der Waals surface area (Å²) in [5.74, 6) is 0.832. The third-order valence-electron chi connectivity index (χ3n) is 11.4. The molecule has 6 atom stereocenters. The second-order valence-corrected chi connectivity index (χ2v) is 14.4. The van der Waals surface area contributed by atoms with E-state index in [2.05, 4.69) is 33.6 Å². The van der Waals surface area contributed by atoms with Crippen LogP contribution in [0, 0.1) is 11.8 Å². The summed E-state index contributed by atoms with van der Waals surface area (Å²) in [7, 11) is 3.86. The van der Waals surface area contributed by atoms with E-state index in [-0.39, 0.29) is 54.5 Å². The summed E-state index contributed by atoms with van der Waals surface area (Å²) in [5, 5.41) is 5.50. The standard InChI is InChI=1S/C36H51N7O7/c1-21(44)40-20-25(45)17-23(7-6-14-39-34(37)38)33(46)41-19-24-8-4-5-15-43(24)35(47)49-29-12-10-26-27-18-22-9-11-28(48-3)31-30(22)36(26,32(29)50-31)13-16-42(27)2/h9,11-12,23-24,26-27,32H,4-8,10,13-20H2,1-3H3,(H,40,44)(H,41,46)(H4,37,38,39)/t23-,24-,26?,27-,32-,36+/m1/s1. The number of benzene rings is 1. The summed E-state index contributed by atoms with van der Waals surface area (Å²) in [5.41, 5.74) is 13.1. The molecule has 1 aromatic rings. The fourth-order valence-corrected chi connectivity index (χ4v) is 8.98. The highest BCUT2D eigenvalue weighted by Gasteiger charge is 2.65. The van der Waals surface area contributed by atoms with Crippen molar-refractivity contribution in [2.24, 2.45) is 28.3 Å². The molecule has 6 rings (SSSR count). The molecule has 14 heteroatoms. The van der Waals surface area contributed by atoms with Gasteiger partial charge in [-0.3, -0.25) is 19.4 Å². The number of allylic oxidation sites excluding steroid dienone is 1. The Bertz CT molecular complexity index is 1560. The van der Waals surface area contributed by atoms with Crippen molar-refractivity contribution in [3.05, 3.63) is 35.1 Å². The van der Waals surface area contributed by atoms with Crippen LogP contribution >= 0.6 is 0 Å². The van der Waals surface area contributed by atoms with Gasteiger partial charge in [0, 0.05) is 55.9 Å². The molecule has 3 heterocycles. The van der Waals surface area contributed by atoms with E-state index in [0.29, 0.717) is 55.8 Å². The Balaban J connectivity index is 1.14. The van der Waals surface area contributed by atoms with Crippen molar-refractivity contribution < 1.29 is 33.4 Å². The molecule has 2 aliphatic carbocycles. The van der Waals surface area contributed by atoms with Gasteiger partial charge >= 0.3 is 6.09 Å². The Kier molecular flexibility index (Phi) is 10.6. The topological polar surface area (TPSA) is 191 Å². The highest BCUT2D eigenvalue weighted by atomic mass is 16.6. The molecule has 0 saturated carbocycles. The van der Waals surface area contributed by atoms with Crippen molar-refractivity contribution in [3.63, 3.8) is 0 Å². The number of guanidine groups is 1. The first-order valence-corrected chi connectivity index (χ1v) is 17.9. The molecule has 6 N–H and O–H groups in total. The molecular formula is C36H51N7O7. The van der Waals surface area contributed by atoms with Crippen LogP contribution in [0.1, 0.15) is 69.4 Å². The van der Waals surface area contributed by atoms with Crippen molar-refractivity contribution in [2.75, 3.05) is 46.9 Å². The lowest BCUT2D eigenvalue weighted by molar-refractivity contribution is -0.130. The number of methoxy groups -OCH3 is 1. The molecule has 3 amide bonds. The van der Waals surface area contributed by atoms with Gasteiger partial charge in [-0.25, -0.2) is 4.79 Å².